The molecule has 0 aliphatic carbocycles. The molecule has 0 bridgehead atoms. The minimum atomic E-state index is -4.40. The fourth-order valence-corrected chi connectivity index (χ4v) is 3.86. The van der Waals surface area contributed by atoms with Crippen molar-refractivity contribution in [3.63, 3.8) is 0 Å². The van der Waals surface area contributed by atoms with Crippen molar-refractivity contribution in [1.82, 2.24) is 0 Å². The Morgan fingerprint density at radius 2 is 1.48 bits per heavy atom. The summed E-state index contributed by atoms with van der Waals surface area (Å²) in [6.45, 7) is 0. The first kappa shape index (κ1) is 20.2. The van der Waals surface area contributed by atoms with Gasteiger partial charge in [-0.1, -0.05) is 62.2 Å². The van der Waals surface area contributed by atoms with Gasteiger partial charge in [0.1, 0.15) is 0 Å². The van der Waals surface area contributed by atoms with Crippen molar-refractivity contribution in [3.05, 3.63) is 98.4 Å². The highest BCUT2D eigenvalue weighted by Crippen LogP contribution is 2.39. The molecule has 1 aliphatic heterocycles. The van der Waals surface area contributed by atoms with Crippen LogP contribution < -0.4 is 5.01 Å². The molecule has 2 nitrogen and oxygen atoms in total. The summed E-state index contributed by atoms with van der Waals surface area (Å²) in [5, 5.41) is 6.41. The van der Waals surface area contributed by atoms with Crippen LogP contribution in [0.1, 0.15) is 29.2 Å². The van der Waals surface area contributed by atoms with Crippen LogP contribution in [0.4, 0.5) is 18.9 Å². The zero-order valence-corrected chi connectivity index (χ0v) is 18.2. The van der Waals surface area contributed by atoms with Gasteiger partial charge < -0.3 is 0 Å². The van der Waals surface area contributed by atoms with Gasteiger partial charge in [-0.2, -0.15) is 18.3 Å². The van der Waals surface area contributed by atoms with Crippen LogP contribution in [0.25, 0.3) is 0 Å². The lowest BCUT2D eigenvalue weighted by Crippen LogP contribution is -2.19. The van der Waals surface area contributed by atoms with Crippen LogP contribution in [-0.4, -0.2) is 5.71 Å². The van der Waals surface area contributed by atoms with E-state index in [1.54, 1.807) is 11.1 Å². The second kappa shape index (κ2) is 7.95. The second-order valence-electron chi connectivity index (χ2n) is 6.72. The van der Waals surface area contributed by atoms with Gasteiger partial charge in [-0.3, -0.25) is 5.01 Å². The molecule has 0 saturated heterocycles. The second-order valence-corrected chi connectivity index (χ2v) is 8.55. The lowest BCUT2D eigenvalue weighted by atomic mass is 9.98. The number of nitrogens with zero attached hydrogens (tertiary/aromatic N) is 2. The zero-order chi connectivity index (χ0) is 20.6. The fourth-order valence-electron chi connectivity index (χ4n) is 3.33. The van der Waals surface area contributed by atoms with Gasteiger partial charge in [0.2, 0.25) is 0 Å². The van der Waals surface area contributed by atoms with Gasteiger partial charge in [0.05, 0.1) is 23.0 Å². The fraction of sp³-hybridized carbons (Fsp3) is 0.136. The first-order chi connectivity index (χ1) is 13.8. The van der Waals surface area contributed by atoms with Gasteiger partial charge in [0, 0.05) is 15.4 Å². The van der Waals surface area contributed by atoms with Crippen LogP contribution in [0.5, 0.6) is 0 Å². The Hall–Kier alpha value is -2.12. The van der Waals surface area contributed by atoms with E-state index in [2.05, 4.69) is 31.9 Å². The molecule has 1 unspecified atom stereocenters. The zero-order valence-electron chi connectivity index (χ0n) is 15.0. The predicted octanol–water partition coefficient (Wildman–Crippen LogP) is 7.59. The highest BCUT2D eigenvalue weighted by molar-refractivity contribution is 9.10. The van der Waals surface area contributed by atoms with Crippen molar-refractivity contribution < 1.29 is 13.2 Å². The summed E-state index contributed by atoms with van der Waals surface area (Å²) in [7, 11) is 0. The molecule has 3 aromatic rings. The summed E-state index contributed by atoms with van der Waals surface area (Å²) in [6.07, 6.45) is -3.80. The van der Waals surface area contributed by atoms with Crippen LogP contribution in [0, 0.1) is 0 Å². The maximum atomic E-state index is 13.2. The van der Waals surface area contributed by atoms with Crippen molar-refractivity contribution in [1.29, 1.82) is 0 Å². The Kier molecular flexibility index (Phi) is 5.53. The summed E-state index contributed by atoms with van der Waals surface area (Å²) in [5.74, 6) is 0. The van der Waals surface area contributed by atoms with Gasteiger partial charge >= 0.3 is 6.18 Å². The van der Waals surface area contributed by atoms with E-state index in [4.69, 9.17) is 5.10 Å². The number of alkyl halides is 3. The lowest BCUT2D eigenvalue weighted by molar-refractivity contribution is -0.137. The maximum Gasteiger partial charge on any atom is 0.416 e. The van der Waals surface area contributed by atoms with Crippen molar-refractivity contribution >= 4 is 43.3 Å². The Morgan fingerprint density at radius 1 is 0.862 bits per heavy atom. The molecule has 0 N–H and O–H groups in total. The van der Waals surface area contributed by atoms with E-state index in [9.17, 15) is 13.2 Å². The summed E-state index contributed by atoms with van der Waals surface area (Å²) in [6, 6.07) is 20.7. The normalized spacial score (nSPS) is 16.8. The van der Waals surface area contributed by atoms with Crippen LogP contribution in [0.15, 0.2) is 86.8 Å². The standard InChI is InChI=1S/C22H15Br2F3N2/c23-17-8-4-14(5-9-17)20-13-21(15-6-10-18(24)11-7-15)29(28-20)19-3-1-2-16(12-19)22(25,26)27/h1-12,21H,13H2. The number of hydrogen-bond donors (Lipinski definition) is 0. The van der Waals surface area contributed by atoms with Gasteiger partial charge in [-0.15, -0.1) is 0 Å². The molecule has 148 valence electrons. The van der Waals surface area contributed by atoms with E-state index in [0.717, 1.165) is 37.9 Å². The van der Waals surface area contributed by atoms with E-state index in [-0.39, 0.29) is 6.04 Å². The first-order valence-corrected chi connectivity index (χ1v) is 10.5. The summed E-state index contributed by atoms with van der Waals surface area (Å²) >= 11 is 6.85. The van der Waals surface area contributed by atoms with Gasteiger partial charge in [-0.05, 0) is 53.6 Å². The quantitative estimate of drug-likeness (QED) is 0.345. The average molecular weight is 524 g/mol. The third-order valence-corrected chi connectivity index (χ3v) is 5.84. The molecule has 29 heavy (non-hydrogen) atoms. The van der Waals surface area contributed by atoms with Crippen LogP contribution in [0.2, 0.25) is 0 Å². The van der Waals surface area contributed by atoms with E-state index in [1.165, 1.54) is 6.07 Å². The van der Waals surface area contributed by atoms with Gasteiger partial charge in [-0.25, -0.2) is 0 Å². The van der Waals surface area contributed by atoms with E-state index < -0.39 is 11.7 Å². The van der Waals surface area contributed by atoms with Crippen LogP contribution in [0.3, 0.4) is 0 Å². The van der Waals surface area contributed by atoms with Gasteiger partial charge in [0.15, 0.2) is 0 Å². The smallest absolute Gasteiger partial charge is 0.257 e. The number of hydrogen-bond acceptors (Lipinski definition) is 2. The minimum Gasteiger partial charge on any atom is -0.257 e. The number of benzene rings is 3. The molecular weight excluding hydrogens is 509 g/mol. The molecular formula is C22H15Br2F3N2. The Labute approximate surface area is 183 Å². The topological polar surface area (TPSA) is 15.6 Å². The molecule has 0 amide bonds. The van der Waals surface area contributed by atoms with E-state index in [0.29, 0.717) is 12.1 Å². The molecule has 4 rings (SSSR count). The molecule has 1 atom stereocenters. The number of anilines is 1. The van der Waals surface area contributed by atoms with Crippen molar-refractivity contribution in [2.24, 2.45) is 5.10 Å². The van der Waals surface area contributed by atoms with Crippen molar-refractivity contribution in [2.45, 2.75) is 18.6 Å². The van der Waals surface area contributed by atoms with Crippen molar-refractivity contribution in [2.75, 3.05) is 5.01 Å². The third-order valence-electron chi connectivity index (χ3n) is 4.78. The van der Waals surface area contributed by atoms with Crippen LogP contribution >= 0.6 is 31.9 Å². The molecule has 7 heteroatoms. The highest BCUT2D eigenvalue weighted by atomic mass is 79.9. The molecule has 0 fully saturated rings. The molecule has 0 saturated carbocycles. The molecule has 1 aliphatic rings. The predicted molar refractivity (Wildman–Crippen MR) is 116 cm³/mol. The number of hydrazone groups is 1. The first-order valence-electron chi connectivity index (χ1n) is 8.86. The number of halogens is 5. The molecule has 0 radical (unpaired) electrons. The summed E-state index contributed by atoms with van der Waals surface area (Å²) < 4.78 is 41.6. The SMILES string of the molecule is FC(F)(F)c1cccc(N2N=C(c3ccc(Br)cc3)CC2c2ccc(Br)cc2)c1. The molecule has 3 aromatic carbocycles. The Balaban J connectivity index is 1.77. The number of rotatable bonds is 3. The molecule has 0 spiro atoms. The minimum absolute atomic E-state index is 0.190. The van der Waals surface area contributed by atoms with E-state index in [1.807, 2.05) is 48.5 Å². The highest BCUT2D eigenvalue weighted by Gasteiger charge is 2.34. The average Bonchev–Trinajstić information content (AvgIpc) is 3.14. The largest absolute Gasteiger partial charge is 0.416 e. The Bertz CT molecular complexity index is 1040. The Morgan fingerprint density at radius 3 is 2.10 bits per heavy atom. The lowest BCUT2D eigenvalue weighted by Gasteiger charge is -2.24. The maximum absolute atomic E-state index is 13.2. The van der Waals surface area contributed by atoms with Crippen molar-refractivity contribution in [3.8, 4) is 0 Å². The van der Waals surface area contributed by atoms with Gasteiger partial charge in [0.25, 0.3) is 0 Å². The summed E-state index contributed by atoms with van der Waals surface area (Å²) in [5.41, 5.74) is 2.51. The van der Waals surface area contributed by atoms with E-state index >= 15 is 0 Å². The van der Waals surface area contributed by atoms with Crippen LogP contribution in [-0.2, 0) is 6.18 Å². The molecule has 0 aromatic heterocycles. The third kappa shape index (κ3) is 4.41. The molecule has 1 heterocycles. The summed E-state index contributed by atoms with van der Waals surface area (Å²) in [4.78, 5) is 0. The monoisotopic (exact) mass is 522 g/mol.